The third-order valence-corrected chi connectivity index (χ3v) is 7.43. The van der Waals surface area contributed by atoms with Crippen molar-refractivity contribution in [2.75, 3.05) is 0 Å². The van der Waals surface area contributed by atoms with Crippen molar-refractivity contribution >= 4 is 0 Å². The van der Waals surface area contributed by atoms with Gasteiger partial charge in [0.25, 0.3) is 0 Å². The minimum absolute atomic E-state index is 0.0234. The Bertz CT molecular complexity index is 607. The van der Waals surface area contributed by atoms with Crippen LogP contribution in [0, 0.1) is 22.2 Å². The summed E-state index contributed by atoms with van der Waals surface area (Å²) in [6, 6.07) is 0. The maximum absolute atomic E-state index is 4.55. The molecule has 130 valence electrons. The van der Waals surface area contributed by atoms with Gasteiger partial charge in [-0.05, 0) is 68.6 Å². The third kappa shape index (κ3) is 2.29. The Morgan fingerprint density at radius 3 is 2.13 bits per heavy atom. The molecule has 0 amide bonds. The zero-order valence-corrected chi connectivity index (χ0v) is 16.5. The molecule has 2 aliphatic carbocycles. The number of aryl methyl sites for hydroxylation is 1. The molecule has 1 fully saturated rings. The quantitative estimate of drug-likeness (QED) is 0.769. The van der Waals surface area contributed by atoms with Crippen LogP contribution in [-0.4, -0.2) is 15.0 Å². The second-order valence-electron chi connectivity index (χ2n) is 10.2. The molecule has 0 radical (unpaired) electrons. The van der Waals surface area contributed by atoms with Gasteiger partial charge in [-0.3, -0.25) is 0 Å². The largest absolute Gasteiger partial charge is 0.244 e. The molecule has 1 aromatic heterocycles. The summed E-state index contributed by atoms with van der Waals surface area (Å²) in [5, 5.41) is 9.04. The second-order valence-corrected chi connectivity index (χ2v) is 10.2. The van der Waals surface area contributed by atoms with E-state index in [2.05, 4.69) is 70.4 Å². The molecule has 3 heteroatoms. The van der Waals surface area contributed by atoms with Gasteiger partial charge in [-0.15, -0.1) is 5.10 Å². The highest BCUT2D eigenvalue weighted by atomic mass is 15.5. The van der Waals surface area contributed by atoms with E-state index >= 15 is 0 Å². The molecule has 1 saturated carbocycles. The highest BCUT2D eigenvalue weighted by molar-refractivity contribution is 5.25. The molecule has 0 unspecified atom stereocenters. The second kappa shape index (κ2) is 4.83. The molecule has 2 aliphatic rings. The van der Waals surface area contributed by atoms with Crippen LogP contribution in [0.25, 0.3) is 0 Å². The van der Waals surface area contributed by atoms with Crippen LogP contribution in [0.1, 0.15) is 86.0 Å². The number of nitrogens with zero attached hydrogens (tertiary/aromatic N) is 3. The van der Waals surface area contributed by atoms with Crippen molar-refractivity contribution < 1.29 is 0 Å². The molecule has 0 aliphatic heterocycles. The Morgan fingerprint density at radius 1 is 1.04 bits per heavy atom. The average molecular weight is 318 g/mol. The lowest BCUT2D eigenvalue weighted by Crippen LogP contribution is -2.26. The van der Waals surface area contributed by atoms with Crippen LogP contribution >= 0.6 is 0 Å². The van der Waals surface area contributed by atoms with Crippen molar-refractivity contribution in [2.45, 2.75) is 93.0 Å². The Morgan fingerprint density at radius 2 is 1.61 bits per heavy atom. The van der Waals surface area contributed by atoms with Crippen molar-refractivity contribution in [2.24, 2.45) is 22.2 Å². The van der Waals surface area contributed by atoms with Gasteiger partial charge in [0.05, 0.1) is 16.9 Å². The van der Waals surface area contributed by atoms with Gasteiger partial charge >= 0.3 is 0 Å². The van der Waals surface area contributed by atoms with Gasteiger partial charge in [-0.2, -0.15) is 0 Å². The molecular weight excluding hydrogens is 282 g/mol. The van der Waals surface area contributed by atoms with Gasteiger partial charge in [0.1, 0.15) is 0 Å². The Hall–Kier alpha value is -0.860. The van der Waals surface area contributed by atoms with Crippen LogP contribution in [0.2, 0.25) is 0 Å². The molecule has 1 heterocycles. The molecule has 0 spiro atoms. The molecule has 0 bridgehead atoms. The summed E-state index contributed by atoms with van der Waals surface area (Å²) in [5.41, 5.74) is 4.04. The van der Waals surface area contributed by atoms with Crippen molar-refractivity contribution in [3.05, 3.63) is 11.4 Å². The van der Waals surface area contributed by atoms with Gasteiger partial charge in [0, 0.05) is 0 Å². The van der Waals surface area contributed by atoms with Crippen LogP contribution < -0.4 is 0 Å². The van der Waals surface area contributed by atoms with Crippen LogP contribution in [-0.2, 0) is 18.4 Å². The molecule has 0 saturated heterocycles. The molecule has 1 aromatic rings. The zero-order valence-electron chi connectivity index (χ0n) is 16.5. The standard InChI is InChI=1S/C20H35N3/c1-9-18(5,6)16-19(7)12-10-14-15(11-13-20(16,19)8)23(22-21-14)17(2,3)4/h16H,9-13H2,1-8H3/t16-,19+,20-/m0/s1. The highest BCUT2D eigenvalue weighted by Gasteiger charge is 2.73. The minimum Gasteiger partial charge on any atom is -0.244 e. The lowest BCUT2D eigenvalue weighted by Gasteiger charge is -2.26. The van der Waals surface area contributed by atoms with Gasteiger partial charge < -0.3 is 0 Å². The Balaban J connectivity index is 1.93. The monoisotopic (exact) mass is 317 g/mol. The molecule has 3 atom stereocenters. The number of aromatic nitrogens is 3. The fourth-order valence-corrected chi connectivity index (χ4v) is 5.82. The summed E-state index contributed by atoms with van der Waals surface area (Å²) in [6.45, 7) is 19.1. The SMILES string of the molecule is CCC(C)(C)[C@@H]1[C@]2(C)CCc3c(nnn3C(C)(C)C)CC[C@]12C. The number of hydrogen-bond donors (Lipinski definition) is 0. The van der Waals surface area contributed by atoms with Crippen LogP contribution in [0.5, 0.6) is 0 Å². The summed E-state index contributed by atoms with van der Waals surface area (Å²) in [7, 11) is 0. The van der Waals surface area contributed by atoms with Crippen LogP contribution in [0.3, 0.4) is 0 Å². The average Bonchev–Trinajstić information content (AvgIpc) is 2.76. The van der Waals surface area contributed by atoms with Gasteiger partial charge in [-0.25, -0.2) is 4.68 Å². The topological polar surface area (TPSA) is 30.7 Å². The zero-order chi connectivity index (χ0) is 17.3. The highest BCUT2D eigenvalue weighted by Crippen LogP contribution is 2.78. The van der Waals surface area contributed by atoms with Crippen molar-refractivity contribution in [3.8, 4) is 0 Å². The molecular formula is C20H35N3. The van der Waals surface area contributed by atoms with Crippen LogP contribution in [0.15, 0.2) is 0 Å². The third-order valence-electron chi connectivity index (χ3n) is 7.43. The Kier molecular flexibility index (Phi) is 3.56. The maximum Gasteiger partial charge on any atom is 0.0859 e. The number of hydrogen-bond acceptors (Lipinski definition) is 2. The molecule has 23 heavy (non-hydrogen) atoms. The fraction of sp³-hybridized carbons (Fsp3) is 0.900. The normalized spacial score (nSPS) is 34.3. The van der Waals surface area contributed by atoms with E-state index in [1.165, 1.54) is 30.7 Å². The molecule has 3 nitrogen and oxygen atoms in total. The van der Waals surface area contributed by atoms with Gasteiger partial charge in [0.15, 0.2) is 0 Å². The number of rotatable bonds is 2. The van der Waals surface area contributed by atoms with E-state index in [-0.39, 0.29) is 5.54 Å². The first-order valence-corrected chi connectivity index (χ1v) is 9.41. The minimum atomic E-state index is 0.0234. The van der Waals surface area contributed by atoms with Crippen LogP contribution in [0.4, 0.5) is 0 Å². The predicted molar refractivity (Wildman–Crippen MR) is 95.4 cm³/mol. The first-order chi connectivity index (χ1) is 10.5. The summed E-state index contributed by atoms with van der Waals surface area (Å²) in [5.74, 6) is 0.826. The van der Waals surface area contributed by atoms with Crippen molar-refractivity contribution in [1.29, 1.82) is 0 Å². The van der Waals surface area contributed by atoms with Gasteiger partial charge in [0.2, 0.25) is 0 Å². The van der Waals surface area contributed by atoms with Crippen molar-refractivity contribution in [1.82, 2.24) is 15.0 Å². The molecule has 0 N–H and O–H groups in total. The summed E-state index contributed by atoms with van der Waals surface area (Å²) < 4.78 is 2.18. The lowest BCUT2D eigenvalue weighted by atomic mass is 9.79. The fourth-order valence-electron chi connectivity index (χ4n) is 5.82. The van der Waals surface area contributed by atoms with Crippen molar-refractivity contribution in [3.63, 3.8) is 0 Å². The maximum atomic E-state index is 4.55. The molecule has 3 rings (SSSR count). The smallest absolute Gasteiger partial charge is 0.0859 e. The lowest BCUT2D eigenvalue weighted by molar-refractivity contribution is 0.232. The van der Waals surface area contributed by atoms with E-state index < -0.39 is 0 Å². The number of fused-ring (bicyclic) bond motifs is 2. The summed E-state index contributed by atoms with van der Waals surface area (Å²) in [6.07, 6.45) is 6.01. The van der Waals surface area contributed by atoms with E-state index in [1.807, 2.05) is 0 Å². The van der Waals surface area contributed by atoms with E-state index in [1.54, 1.807) is 0 Å². The van der Waals surface area contributed by atoms with Gasteiger partial charge in [-0.1, -0.05) is 46.3 Å². The van der Waals surface area contributed by atoms with E-state index in [4.69, 9.17) is 0 Å². The summed E-state index contributed by atoms with van der Waals surface area (Å²) in [4.78, 5) is 0. The predicted octanol–water partition coefficient (Wildman–Crippen LogP) is 4.99. The first kappa shape index (κ1) is 17.0. The first-order valence-electron chi connectivity index (χ1n) is 9.41. The summed E-state index contributed by atoms with van der Waals surface area (Å²) >= 11 is 0. The van der Waals surface area contributed by atoms with E-state index in [0.717, 1.165) is 18.8 Å². The van der Waals surface area contributed by atoms with E-state index in [9.17, 15) is 0 Å². The Labute approximate surface area is 142 Å². The molecule has 0 aromatic carbocycles. The van der Waals surface area contributed by atoms with E-state index in [0.29, 0.717) is 16.2 Å².